The van der Waals surface area contributed by atoms with Gasteiger partial charge in [0.1, 0.15) is 5.71 Å². The van der Waals surface area contributed by atoms with Gasteiger partial charge in [0.05, 0.1) is 23.9 Å². The number of nitrogens with zero attached hydrogens (tertiary/aromatic N) is 3. The Morgan fingerprint density at radius 1 is 0.970 bits per heavy atom. The molecule has 0 radical (unpaired) electrons. The van der Waals surface area contributed by atoms with Crippen molar-refractivity contribution in [1.29, 1.82) is 0 Å². The number of hydrogen-bond donors (Lipinski definition) is 0. The molecule has 4 nitrogen and oxygen atoms in total. The van der Waals surface area contributed by atoms with Crippen molar-refractivity contribution in [2.24, 2.45) is 5.10 Å². The Bertz CT molecular complexity index is 1180. The van der Waals surface area contributed by atoms with Crippen molar-refractivity contribution in [2.45, 2.75) is 24.6 Å². The first-order valence-corrected chi connectivity index (χ1v) is 10.2. The lowest BCUT2D eigenvalue weighted by Crippen LogP contribution is -2.43. The predicted molar refractivity (Wildman–Crippen MR) is 116 cm³/mol. The highest BCUT2D eigenvalue weighted by Gasteiger charge is 2.62. The molecular weight excluding hydrogens is 465 g/mol. The number of methoxy groups -OCH3 is 1. The van der Waals surface area contributed by atoms with Crippen LogP contribution in [0.5, 0.6) is 5.88 Å². The van der Waals surface area contributed by atoms with Crippen LogP contribution in [0.2, 0.25) is 5.02 Å². The van der Waals surface area contributed by atoms with Crippen LogP contribution in [0.25, 0.3) is 11.1 Å². The quantitative estimate of drug-likeness (QED) is 0.371. The summed E-state index contributed by atoms with van der Waals surface area (Å²) in [6.45, 7) is 0. The van der Waals surface area contributed by atoms with E-state index in [-0.39, 0.29) is 10.7 Å². The molecule has 1 atom stereocenters. The van der Waals surface area contributed by atoms with Crippen LogP contribution in [0.1, 0.15) is 18.0 Å². The molecule has 0 N–H and O–H groups in total. The zero-order valence-corrected chi connectivity index (χ0v) is 17.9. The van der Waals surface area contributed by atoms with Gasteiger partial charge >= 0.3 is 12.1 Å². The summed E-state index contributed by atoms with van der Waals surface area (Å²) in [6, 6.07) is 15.6. The number of ether oxygens (including phenoxy) is 1. The molecule has 0 spiro atoms. The van der Waals surface area contributed by atoms with E-state index < -0.39 is 30.3 Å². The average molecular weight is 482 g/mol. The first-order valence-electron chi connectivity index (χ1n) is 9.78. The second-order valence-electron chi connectivity index (χ2n) is 7.35. The lowest BCUT2D eigenvalue weighted by molar-refractivity contribution is -0.249. The van der Waals surface area contributed by atoms with E-state index in [1.54, 1.807) is 54.7 Å². The van der Waals surface area contributed by atoms with E-state index in [1.165, 1.54) is 19.2 Å². The fourth-order valence-electron chi connectivity index (χ4n) is 3.58. The van der Waals surface area contributed by atoms with Crippen molar-refractivity contribution >= 4 is 23.0 Å². The molecule has 10 heteroatoms. The Balaban J connectivity index is 1.76. The Kier molecular flexibility index (Phi) is 6.00. The number of halogens is 6. The molecule has 0 aliphatic carbocycles. The van der Waals surface area contributed by atoms with E-state index in [1.807, 2.05) is 0 Å². The zero-order valence-electron chi connectivity index (χ0n) is 17.2. The van der Waals surface area contributed by atoms with Gasteiger partial charge in [0.15, 0.2) is 0 Å². The molecule has 1 aromatic heterocycles. The molecule has 1 aliphatic heterocycles. The van der Waals surface area contributed by atoms with E-state index in [9.17, 15) is 22.0 Å². The Morgan fingerprint density at radius 2 is 1.73 bits per heavy atom. The molecule has 0 saturated heterocycles. The fraction of sp³-hybridized carbons (Fsp3) is 0.217. The molecule has 1 aliphatic rings. The standard InChI is InChI=1S/C23H17ClF5N3O/c1-33-21-10-9-16(13-30-21)14-5-4-6-15(11-14)19-12-20(22(25,26)23(27,28)29)31-32(19)18-8-3-2-7-17(18)24/h2-11,13,19H,12H2,1H3. The minimum Gasteiger partial charge on any atom is -0.481 e. The van der Waals surface area contributed by atoms with Crippen molar-refractivity contribution in [1.82, 2.24) is 4.98 Å². The molecular formula is C23H17ClF5N3O. The van der Waals surface area contributed by atoms with Crippen molar-refractivity contribution in [3.05, 3.63) is 77.4 Å². The third kappa shape index (κ3) is 4.37. The summed E-state index contributed by atoms with van der Waals surface area (Å²) in [6.07, 6.45) is -4.80. The maximum Gasteiger partial charge on any atom is 0.459 e. The van der Waals surface area contributed by atoms with Crippen LogP contribution in [0.15, 0.2) is 72.0 Å². The van der Waals surface area contributed by atoms with Gasteiger partial charge in [-0.05, 0) is 35.4 Å². The minimum absolute atomic E-state index is 0.179. The molecule has 1 unspecified atom stereocenters. The topological polar surface area (TPSA) is 37.7 Å². The summed E-state index contributed by atoms with van der Waals surface area (Å²) in [5, 5.41) is 5.01. The van der Waals surface area contributed by atoms with Gasteiger partial charge in [-0.15, -0.1) is 0 Å². The second-order valence-corrected chi connectivity index (χ2v) is 7.76. The summed E-state index contributed by atoms with van der Waals surface area (Å²) in [7, 11) is 1.49. The first kappa shape index (κ1) is 23.0. The number of benzene rings is 2. The van der Waals surface area contributed by atoms with E-state index in [2.05, 4.69) is 10.1 Å². The van der Waals surface area contributed by atoms with Gasteiger partial charge in [-0.25, -0.2) is 4.98 Å². The van der Waals surface area contributed by atoms with Gasteiger partial charge in [-0.1, -0.05) is 41.9 Å². The van der Waals surface area contributed by atoms with Gasteiger partial charge in [0.2, 0.25) is 5.88 Å². The first-order chi connectivity index (χ1) is 15.6. The Hall–Kier alpha value is -3.20. The van der Waals surface area contributed by atoms with E-state index in [0.717, 1.165) is 10.6 Å². The highest BCUT2D eigenvalue weighted by Crippen LogP contribution is 2.46. The van der Waals surface area contributed by atoms with Crippen molar-refractivity contribution in [3.63, 3.8) is 0 Å². The number of aromatic nitrogens is 1. The molecule has 0 amide bonds. The third-order valence-corrected chi connectivity index (χ3v) is 5.60. The molecule has 0 fully saturated rings. The SMILES string of the molecule is COc1ccc(-c2cccc(C3CC(C(F)(F)C(F)(F)F)=NN3c3ccccc3Cl)c2)cn1. The summed E-state index contributed by atoms with van der Waals surface area (Å²) in [5.41, 5.74) is 0.893. The summed E-state index contributed by atoms with van der Waals surface area (Å²) < 4.78 is 72.7. The number of anilines is 1. The summed E-state index contributed by atoms with van der Waals surface area (Å²) in [5.74, 6) is -4.65. The van der Waals surface area contributed by atoms with Crippen molar-refractivity contribution < 1.29 is 26.7 Å². The number of rotatable bonds is 5. The summed E-state index contributed by atoms with van der Waals surface area (Å²) in [4.78, 5) is 4.15. The largest absolute Gasteiger partial charge is 0.481 e. The number of para-hydroxylation sites is 1. The molecule has 3 aromatic rings. The van der Waals surface area contributed by atoms with Gasteiger partial charge in [0, 0.05) is 24.2 Å². The van der Waals surface area contributed by atoms with Gasteiger partial charge in [-0.3, -0.25) is 5.01 Å². The lowest BCUT2D eigenvalue weighted by atomic mass is 9.95. The molecule has 0 bridgehead atoms. The number of hydrazone groups is 1. The highest BCUT2D eigenvalue weighted by atomic mass is 35.5. The average Bonchev–Trinajstić information content (AvgIpc) is 3.25. The van der Waals surface area contributed by atoms with E-state index >= 15 is 0 Å². The maximum atomic E-state index is 14.2. The van der Waals surface area contributed by atoms with E-state index in [4.69, 9.17) is 16.3 Å². The minimum atomic E-state index is -5.76. The van der Waals surface area contributed by atoms with Crippen LogP contribution in [0, 0.1) is 0 Å². The van der Waals surface area contributed by atoms with Crippen LogP contribution in [0.4, 0.5) is 27.6 Å². The molecule has 33 heavy (non-hydrogen) atoms. The third-order valence-electron chi connectivity index (χ3n) is 5.28. The molecule has 172 valence electrons. The van der Waals surface area contributed by atoms with Gasteiger partial charge in [0.25, 0.3) is 0 Å². The lowest BCUT2D eigenvalue weighted by Gasteiger charge is -2.25. The smallest absolute Gasteiger partial charge is 0.459 e. The molecule has 2 aromatic carbocycles. The maximum absolute atomic E-state index is 14.2. The van der Waals surface area contributed by atoms with Crippen LogP contribution in [-0.4, -0.2) is 29.9 Å². The van der Waals surface area contributed by atoms with Crippen LogP contribution < -0.4 is 9.75 Å². The van der Waals surface area contributed by atoms with Gasteiger partial charge < -0.3 is 4.74 Å². The zero-order chi connectivity index (χ0) is 23.8. The Morgan fingerprint density at radius 3 is 2.36 bits per heavy atom. The van der Waals surface area contributed by atoms with Crippen LogP contribution in [0.3, 0.4) is 0 Å². The second kappa shape index (κ2) is 8.62. The number of hydrogen-bond acceptors (Lipinski definition) is 4. The van der Waals surface area contributed by atoms with Crippen LogP contribution >= 0.6 is 11.6 Å². The Labute approximate surface area is 191 Å². The summed E-state index contributed by atoms with van der Waals surface area (Å²) >= 11 is 6.22. The normalized spacial score (nSPS) is 16.6. The molecule has 4 rings (SSSR count). The highest BCUT2D eigenvalue weighted by molar-refractivity contribution is 6.33. The fourth-order valence-corrected chi connectivity index (χ4v) is 3.80. The monoisotopic (exact) mass is 481 g/mol. The number of pyridine rings is 1. The number of alkyl halides is 5. The van der Waals surface area contributed by atoms with Gasteiger partial charge in [-0.2, -0.15) is 27.1 Å². The van der Waals surface area contributed by atoms with Crippen molar-refractivity contribution in [2.75, 3.05) is 12.1 Å². The molecule has 2 heterocycles. The van der Waals surface area contributed by atoms with Crippen molar-refractivity contribution in [3.8, 4) is 17.0 Å². The van der Waals surface area contributed by atoms with Crippen LogP contribution in [-0.2, 0) is 0 Å². The predicted octanol–water partition coefficient (Wildman–Crippen LogP) is 6.92. The van der Waals surface area contributed by atoms with E-state index in [0.29, 0.717) is 17.0 Å². The molecule has 0 saturated carbocycles.